The first-order valence-corrected chi connectivity index (χ1v) is 11.3. The summed E-state index contributed by atoms with van der Waals surface area (Å²) >= 11 is 1.37. The molecule has 0 spiro atoms. The maximum atomic E-state index is 13.0. The van der Waals surface area contributed by atoms with Crippen LogP contribution in [0.1, 0.15) is 71.4 Å². The van der Waals surface area contributed by atoms with E-state index in [1.807, 2.05) is 25.2 Å². The second-order valence-corrected chi connectivity index (χ2v) is 9.49. The van der Waals surface area contributed by atoms with Gasteiger partial charge in [-0.25, -0.2) is 4.98 Å². The van der Waals surface area contributed by atoms with Crippen molar-refractivity contribution in [1.29, 1.82) is 0 Å². The molecule has 2 aliphatic rings. The molecule has 1 aliphatic heterocycles. The Labute approximate surface area is 175 Å². The minimum atomic E-state index is -0.530. The predicted molar refractivity (Wildman–Crippen MR) is 119 cm³/mol. The van der Waals surface area contributed by atoms with E-state index in [4.69, 9.17) is 10.7 Å². The van der Waals surface area contributed by atoms with Gasteiger partial charge in [0.2, 0.25) is 0 Å². The molecule has 29 heavy (non-hydrogen) atoms. The van der Waals surface area contributed by atoms with Crippen molar-refractivity contribution in [1.82, 2.24) is 4.98 Å². The zero-order valence-corrected chi connectivity index (χ0v) is 17.9. The number of aromatic nitrogens is 1. The van der Waals surface area contributed by atoms with Gasteiger partial charge < -0.3 is 10.6 Å². The molecule has 7 heteroatoms. The minimum Gasteiger partial charge on any atom is -0.376 e. The number of fused-ring (bicyclic) bond motifs is 3. The highest BCUT2D eigenvalue weighted by atomic mass is 32.1. The first-order valence-electron chi connectivity index (χ1n) is 10.5. The van der Waals surface area contributed by atoms with Gasteiger partial charge in [0, 0.05) is 38.8 Å². The van der Waals surface area contributed by atoms with Gasteiger partial charge in [-0.2, -0.15) is 0 Å². The van der Waals surface area contributed by atoms with Crippen molar-refractivity contribution in [2.45, 2.75) is 51.4 Å². The summed E-state index contributed by atoms with van der Waals surface area (Å²) in [4.78, 5) is 37.3. The monoisotopic (exact) mass is 412 g/mol. The topological polar surface area (TPSA) is 88.7 Å². The summed E-state index contributed by atoms with van der Waals surface area (Å²) in [7, 11) is 3.72. The zero-order chi connectivity index (χ0) is 20.5. The Hall–Kier alpha value is -2.28. The number of nitrogens with two attached hydrogens (primary N) is 1. The number of pyridine rings is 1. The number of amides is 1. The summed E-state index contributed by atoms with van der Waals surface area (Å²) < 4.78 is 0. The number of nitrogens with zero attached hydrogens (tertiary/aromatic N) is 3. The summed E-state index contributed by atoms with van der Waals surface area (Å²) in [6.07, 6.45) is 12.8. The standard InChI is InChI=1S/C22H28N4O2S/c1-26(2)19-15(21(23)28)12-25-22-17(19)18-20(29-22)16(27)10-14(11-24-18)9-8-13-6-4-3-5-7-13/h11-14H,3-10H2,1-2H3,(H2,23,28)/t14-/m0/s1. The van der Waals surface area contributed by atoms with Gasteiger partial charge in [0.05, 0.1) is 27.2 Å². The molecule has 1 aliphatic carbocycles. The van der Waals surface area contributed by atoms with Crippen molar-refractivity contribution in [3.8, 4) is 0 Å². The van der Waals surface area contributed by atoms with Crippen LogP contribution in [-0.2, 0) is 0 Å². The van der Waals surface area contributed by atoms with Crippen molar-refractivity contribution in [3.05, 3.63) is 16.6 Å². The lowest BCUT2D eigenvalue weighted by Gasteiger charge is -2.22. The lowest BCUT2D eigenvalue weighted by atomic mass is 9.83. The number of hydrogen-bond donors (Lipinski definition) is 1. The SMILES string of the molecule is CN(C)c1c(C(N)=O)cnc2sc3c(c12)N=C[C@@H](CCC1CCCCC1)CC3=O. The Bertz CT molecular complexity index is 973. The highest BCUT2D eigenvalue weighted by Gasteiger charge is 2.28. The maximum Gasteiger partial charge on any atom is 0.252 e. The van der Waals surface area contributed by atoms with Gasteiger partial charge in [-0.05, 0) is 18.8 Å². The molecule has 2 N–H and O–H groups in total. The first kappa shape index (κ1) is 20.0. The van der Waals surface area contributed by atoms with Crippen LogP contribution in [0.3, 0.4) is 0 Å². The van der Waals surface area contributed by atoms with E-state index in [9.17, 15) is 9.59 Å². The summed E-state index contributed by atoms with van der Waals surface area (Å²) in [5.41, 5.74) is 7.26. The number of carbonyl (C=O) groups is 2. The maximum absolute atomic E-state index is 13.0. The van der Waals surface area contributed by atoms with Crippen molar-refractivity contribution in [2.75, 3.05) is 19.0 Å². The molecule has 1 atom stereocenters. The second-order valence-electron chi connectivity index (χ2n) is 8.49. The number of thiophene rings is 1. The normalized spacial score (nSPS) is 19.9. The summed E-state index contributed by atoms with van der Waals surface area (Å²) in [6, 6.07) is 0. The van der Waals surface area contributed by atoms with Crippen molar-refractivity contribution in [3.63, 3.8) is 0 Å². The van der Waals surface area contributed by atoms with Crippen LogP contribution in [0.5, 0.6) is 0 Å². The Morgan fingerprint density at radius 3 is 2.69 bits per heavy atom. The molecular weight excluding hydrogens is 384 g/mol. The Balaban J connectivity index is 1.68. The van der Waals surface area contributed by atoms with Gasteiger partial charge >= 0.3 is 0 Å². The molecule has 0 aromatic carbocycles. The average molecular weight is 413 g/mol. The van der Waals surface area contributed by atoms with Crippen molar-refractivity contribution in [2.24, 2.45) is 22.6 Å². The number of carbonyl (C=O) groups excluding carboxylic acids is 2. The predicted octanol–water partition coefficient (Wildman–Crippen LogP) is 4.73. The fraction of sp³-hybridized carbons (Fsp3) is 0.545. The molecule has 154 valence electrons. The Morgan fingerprint density at radius 2 is 2.00 bits per heavy atom. The van der Waals surface area contributed by atoms with Crippen molar-refractivity contribution >= 4 is 50.8 Å². The molecule has 0 radical (unpaired) electrons. The fourth-order valence-electron chi connectivity index (χ4n) is 4.66. The van der Waals surface area contributed by atoms with E-state index < -0.39 is 5.91 Å². The van der Waals surface area contributed by atoms with E-state index >= 15 is 0 Å². The molecule has 4 rings (SSSR count). The van der Waals surface area contributed by atoms with Gasteiger partial charge in [0.15, 0.2) is 5.78 Å². The largest absolute Gasteiger partial charge is 0.376 e. The lowest BCUT2D eigenvalue weighted by Crippen LogP contribution is -2.19. The Morgan fingerprint density at radius 1 is 1.24 bits per heavy atom. The third kappa shape index (κ3) is 3.92. The number of ketones is 1. The molecule has 1 saturated carbocycles. The molecule has 0 unspecified atom stereocenters. The minimum absolute atomic E-state index is 0.125. The van der Waals surface area contributed by atoms with Crippen LogP contribution in [0.25, 0.3) is 10.2 Å². The third-order valence-corrected chi connectivity index (χ3v) is 7.29. The molecular formula is C22H28N4O2S. The smallest absolute Gasteiger partial charge is 0.252 e. The molecule has 0 bridgehead atoms. The summed E-state index contributed by atoms with van der Waals surface area (Å²) in [6.45, 7) is 0. The van der Waals surface area contributed by atoms with E-state index in [1.165, 1.54) is 56.1 Å². The molecule has 1 fully saturated rings. The van der Waals surface area contributed by atoms with Gasteiger partial charge in [-0.3, -0.25) is 14.6 Å². The molecule has 2 aromatic rings. The van der Waals surface area contributed by atoms with Crippen LogP contribution in [0.4, 0.5) is 11.4 Å². The quantitative estimate of drug-likeness (QED) is 0.769. The van der Waals surface area contributed by atoms with E-state index in [0.29, 0.717) is 28.2 Å². The van der Waals surface area contributed by atoms with E-state index in [1.54, 1.807) is 0 Å². The van der Waals surface area contributed by atoms with E-state index in [0.717, 1.165) is 22.6 Å². The Kier molecular flexibility index (Phi) is 5.67. The molecule has 3 heterocycles. The number of hydrogen-bond acceptors (Lipinski definition) is 6. The summed E-state index contributed by atoms with van der Waals surface area (Å²) in [5, 5.41) is 0.754. The number of primary amides is 1. The molecule has 6 nitrogen and oxygen atoms in total. The van der Waals surface area contributed by atoms with E-state index in [-0.39, 0.29) is 11.7 Å². The number of Topliss-reactive ketones (excluding diaryl/α,β-unsaturated/α-hetero) is 1. The van der Waals surface area contributed by atoms with Gasteiger partial charge in [-0.15, -0.1) is 11.3 Å². The fourth-order valence-corrected chi connectivity index (χ4v) is 5.70. The third-order valence-electron chi connectivity index (χ3n) is 6.17. The van der Waals surface area contributed by atoms with Crippen LogP contribution in [0.2, 0.25) is 0 Å². The lowest BCUT2D eigenvalue weighted by molar-refractivity contribution is 0.0973. The summed E-state index contributed by atoms with van der Waals surface area (Å²) in [5.74, 6) is 0.569. The number of rotatable bonds is 5. The number of anilines is 1. The van der Waals surface area contributed by atoms with E-state index in [2.05, 4.69) is 4.98 Å². The van der Waals surface area contributed by atoms with Crippen LogP contribution in [0, 0.1) is 11.8 Å². The molecule has 0 saturated heterocycles. The highest BCUT2D eigenvalue weighted by molar-refractivity contribution is 7.21. The van der Waals surface area contributed by atoms with Crippen LogP contribution >= 0.6 is 11.3 Å². The van der Waals surface area contributed by atoms with Crippen LogP contribution < -0.4 is 10.6 Å². The zero-order valence-electron chi connectivity index (χ0n) is 17.1. The second kappa shape index (κ2) is 8.22. The first-order chi connectivity index (χ1) is 14.0. The van der Waals surface area contributed by atoms with Crippen LogP contribution in [0.15, 0.2) is 11.2 Å². The van der Waals surface area contributed by atoms with Gasteiger partial charge in [0.1, 0.15) is 4.83 Å². The molecule has 2 aromatic heterocycles. The molecule has 1 amide bonds. The highest BCUT2D eigenvalue weighted by Crippen LogP contribution is 2.45. The number of aliphatic imine (C=N–C) groups is 1. The van der Waals surface area contributed by atoms with Gasteiger partial charge in [-0.1, -0.05) is 32.1 Å². The van der Waals surface area contributed by atoms with Gasteiger partial charge in [0.25, 0.3) is 5.91 Å². The average Bonchev–Trinajstić information content (AvgIpc) is 3.00. The van der Waals surface area contributed by atoms with Crippen molar-refractivity contribution < 1.29 is 9.59 Å². The van der Waals surface area contributed by atoms with Crippen LogP contribution in [-0.4, -0.2) is 37.0 Å².